The molecule has 4 rings (SSSR count). The Hall–Kier alpha value is -2.62. The number of aromatic nitrogens is 2. The third-order valence-electron chi connectivity index (χ3n) is 5.24. The highest BCUT2D eigenvalue weighted by atomic mass is 32.2. The van der Waals surface area contributed by atoms with Gasteiger partial charge >= 0.3 is 0 Å². The van der Waals surface area contributed by atoms with E-state index >= 15 is 0 Å². The Morgan fingerprint density at radius 1 is 1.10 bits per heavy atom. The fourth-order valence-corrected chi connectivity index (χ4v) is 6.15. The maximum Gasteiger partial charge on any atom is 0.286 e. The minimum atomic E-state index is -3.66. The molecule has 1 atom stereocenters. The number of aryl methyl sites for hydroxylation is 2. The second kappa shape index (κ2) is 8.25. The van der Waals surface area contributed by atoms with Gasteiger partial charge in [-0.2, -0.15) is 4.31 Å². The minimum Gasteiger partial charge on any atom is -0.320 e. The van der Waals surface area contributed by atoms with E-state index in [2.05, 4.69) is 15.5 Å². The summed E-state index contributed by atoms with van der Waals surface area (Å²) in [6.45, 7) is 4.27. The van der Waals surface area contributed by atoms with Crippen molar-refractivity contribution in [2.24, 2.45) is 0 Å². The molecule has 1 fully saturated rings. The molecule has 2 heterocycles. The molecule has 0 unspecified atom stereocenters. The number of para-hydroxylation sites is 1. The first-order valence-electron chi connectivity index (χ1n) is 9.65. The largest absolute Gasteiger partial charge is 0.320 e. The lowest BCUT2D eigenvalue weighted by Gasteiger charge is -2.22. The van der Waals surface area contributed by atoms with Crippen molar-refractivity contribution in [3.8, 4) is 0 Å². The van der Waals surface area contributed by atoms with Crippen molar-refractivity contribution in [2.45, 2.75) is 37.6 Å². The molecule has 0 aliphatic carbocycles. The highest BCUT2D eigenvalue weighted by molar-refractivity contribution is 7.89. The standard InChI is InChI=1S/C21H22N4O3S2/c1-14-10-11-17(13-15(14)2)30(27,28)25-12-6-9-18(25)20-23-24-21(29-20)19(26)22-16-7-4-3-5-8-16/h3-5,7-8,10-11,13,18H,6,9,12H2,1-2H3,(H,22,26)/t18-/m1/s1. The zero-order valence-corrected chi connectivity index (χ0v) is 18.3. The lowest BCUT2D eigenvalue weighted by molar-refractivity contribution is 0.102. The first kappa shape index (κ1) is 20.6. The van der Waals surface area contributed by atoms with Crippen LogP contribution in [-0.2, 0) is 10.0 Å². The molecule has 1 N–H and O–H groups in total. The van der Waals surface area contributed by atoms with Crippen molar-refractivity contribution in [1.82, 2.24) is 14.5 Å². The van der Waals surface area contributed by atoms with Crippen LogP contribution in [0.3, 0.4) is 0 Å². The number of benzene rings is 2. The van der Waals surface area contributed by atoms with Gasteiger partial charge in [-0.05, 0) is 62.1 Å². The van der Waals surface area contributed by atoms with Crippen LogP contribution >= 0.6 is 11.3 Å². The van der Waals surface area contributed by atoms with Crippen LogP contribution in [0.1, 0.15) is 44.8 Å². The molecule has 1 amide bonds. The van der Waals surface area contributed by atoms with E-state index in [0.717, 1.165) is 28.9 Å². The second-order valence-electron chi connectivity index (χ2n) is 7.29. The molecule has 7 nitrogen and oxygen atoms in total. The first-order chi connectivity index (χ1) is 14.4. The molecule has 156 valence electrons. The van der Waals surface area contributed by atoms with Crippen LogP contribution in [0.5, 0.6) is 0 Å². The smallest absolute Gasteiger partial charge is 0.286 e. The van der Waals surface area contributed by atoms with E-state index in [-0.39, 0.29) is 15.8 Å². The molecule has 1 aliphatic rings. The summed E-state index contributed by atoms with van der Waals surface area (Å²) in [7, 11) is -3.66. The summed E-state index contributed by atoms with van der Waals surface area (Å²) in [5, 5.41) is 11.7. The van der Waals surface area contributed by atoms with Gasteiger partial charge in [0.05, 0.1) is 10.9 Å². The Balaban J connectivity index is 1.57. The van der Waals surface area contributed by atoms with Crippen molar-refractivity contribution in [3.63, 3.8) is 0 Å². The molecule has 30 heavy (non-hydrogen) atoms. The number of hydrogen-bond acceptors (Lipinski definition) is 6. The van der Waals surface area contributed by atoms with Crippen molar-refractivity contribution in [1.29, 1.82) is 0 Å². The Morgan fingerprint density at radius 3 is 2.60 bits per heavy atom. The average Bonchev–Trinajstić information content (AvgIpc) is 3.40. The van der Waals surface area contributed by atoms with Gasteiger partial charge in [-0.3, -0.25) is 4.79 Å². The summed E-state index contributed by atoms with van der Waals surface area (Å²) < 4.78 is 28.0. The minimum absolute atomic E-state index is 0.212. The van der Waals surface area contributed by atoms with Crippen molar-refractivity contribution >= 4 is 33.0 Å². The van der Waals surface area contributed by atoms with Crippen molar-refractivity contribution < 1.29 is 13.2 Å². The zero-order chi connectivity index (χ0) is 21.3. The molecule has 1 saturated heterocycles. The number of carbonyl (C=O) groups excluding carboxylic acids is 1. The maximum absolute atomic E-state index is 13.3. The van der Waals surface area contributed by atoms with Gasteiger partial charge in [0.1, 0.15) is 5.01 Å². The van der Waals surface area contributed by atoms with E-state index in [1.165, 1.54) is 4.31 Å². The predicted octanol–water partition coefficient (Wildman–Crippen LogP) is 3.93. The molecular weight excluding hydrogens is 420 g/mol. The third kappa shape index (κ3) is 4.00. The van der Waals surface area contributed by atoms with Crippen LogP contribution in [0.25, 0.3) is 0 Å². The van der Waals surface area contributed by atoms with Gasteiger partial charge < -0.3 is 5.32 Å². The molecule has 0 saturated carbocycles. The van der Waals surface area contributed by atoms with Crippen molar-refractivity contribution in [2.75, 3.05) is 11.9 Å². The van der Waals surface area contributed by atoms with Gasteiger partial charge in [-0.1, -0.05) is 35.6 Å². The molecule has 1 aromatic heterocycles. The fourth-order valence-electron chi connectivity index (χ4n) is 3.45. The van der Waals surface area contributed by atoms with E-state index in [4.69, 9.17) is 0 Å². The number of amides is 1. The van der Waals surface area contributed by atoms with Gasteiger partial charge in [0.25, 0.3) is 5.91 Å². The summed E-state index contributed by atoms with van der Waals surface area (Å²) in [6.07, 6.45) is 1.39. The maximum atomic E-state index is 13.3. The normalized spacial score (nSPS) is 17.2. The number of sulfonamides is 1. The summed E-state index contributed by atoms with van der Waals surface area (Å²) >= 11 is 1.14. The van der Waals surface area contributed by atoms with Crippen LogP contribution in [0.4, 0.5) is 5.69 Å². The molecule has 2 aromatic carbocycles. The van der Waals surface area contributed by atoms with Crippen molar-refractivity contribution in [3.05, 3.63) is 69.7 Å². The summed E-state index contributed by atoms with van der Waals surface area (Å²) in [5.41, 5.74) is 2.65. The number of rotatable bonds is 5. The number of nitrogens with one attached hydrogen (secondary N) is 1. The third-order valence-corrected chi connectivity index (χ3v) is 8.17. The average molecular weight is 443 g/mol. The topological polar surface area (TPSA) is 92.3 Å². The molecule has 9 heteroatoms. The monoisotopic (exact) mass is 442 g/mol. The van der Waals surface area contributed by atoms with E-state index in [1.54, 1.807) is 24.3 Å². The number of hydrogen-bond donors (Lipinski definition) is 1. The molecular formula is C21H22N4O3S2. The van der Waals surface area contributed by atoms with E-state index in [9.17, 15) is 13.2 Å². The molecule has 0 spiro atoms. The van der Waals surface area contributed by atoms with Gasteiger partial charge in [-0.15, -0.1) is 10.2 Å². The molecule has 0 radical (unpaired) electrons. The van der Waals surface area contributed by atoms with Crippen LogP contribution in [0, 0.1) is 13.8 Å². The number of nitrogens with zero attached hydrogens (tertiary/aromatic N) is 3. The van der Waals surface area contributed by atoms with E-state index in [0.29, 0.717) is 23.7 Å². The Kier molecular flexibility index (Phi) is 5.68. The van der Waals surface area contributed by atoms with Crippen LogP contribution in [0.15, 0.2) is 53.4 Å². The fraction of sp³-hybridized carbons (Fsp3) is 0.286. The molecule has 3 aromatic rings. The zero-order valence-electron chi connectivity index (χ0n) is 16.7. The van der Waals surface area contributed by atoms with Gasteiger partial charge in [0.15, 0.2) is 0 Å². The van der Waals surface area contributed by atoms with E-state index in [1.807, 2.05) is 38.1 Å². The summed E-state index contributed by atoms with van der Waals surface area (Å²) in [6, 6.07) is 13.9. The van der Waals surface area contributed by atoms with Crippen LogP contribution < -0.4 is 5.32 Å². The van der Waals surface area contributed by atoms with Gasteiger partial charge in [0.2, 0.25) is 15.0 Å². The Morgan fingerprint density at radius 2 is 1.87 bits per heavy atom. The Bertz CT molecular complexity index is 1180. The second-order valence-corrected chi connectivity index (χ2v) is 10.2. The van der Waals surface area contributed by atoms with Crippen LogP contribution in [-0.4, -0.2) is 35.4 Å². The number of carbonyl (C=O) groups is 1. The van der Waals surface area contributed by atoms with Gasteiger partial charge in [0, 0.05) is 12.2 Å². The molecule has 1 aliphatic heterocycles. The van der Waals surface area contributed by atoms with Gasteiger partial charge in [-0.25, -0.2) is 8.42 Å². The van der Waals surface area contributed by atoms with E-state index < -0.39 is 16.1 Å². The highest BCUT2D eigenvalue weighted by Gasteiger charge is 2.38. The summed E-state index contributed by atoms with van der Waals surface area (Å²) in [5.74, 6) is -0.355. The summed E-state index contributed by atoms with van der Waals surface area (Å²) in [4.78, 5) is 12.8. The predicted molar refractivity (Wildman–Crippen MR) is 116 cm³/mol. The lowest BCUT2D eigenvalue weighted by Crippen LogP contribution is -2.30. The van der Waals surface area contributed by atoms with Crippen LogP contribution in [0.2, 0.25) is 0 Å². The highest BCUT2D eigenvalue weighted by Crippen LogP contribution is 2.38. The first-order valence-corrected chi connectivity index (χ1v) is 11.9. The molecule has 0 bridgehead atoms. The quantitative estimate of drug-likeness (QED) is 0.646. The SMILES string of the molecule is Cc1ccc(S(=O)(=O)N2CCC[C@@H]2c2nnc(C(=O)Nc3ccccc3)s2)cc1C. The number of anilines is 1. The lowest BCUT2D eigenvalue weighted by atomic mass is 10.1. The Labute approximate surface area is 179 Å².